The minimum absolute atomic E-state index is 0.00421. The van der Waals surface area contributed by atoms with Crippen LogP contribution in [0.5, 0.6) is 0 Å². The van der Waals surface area contributed by atoms with E-state index in [1.54, 1.807) is 6.07 Å². The number of aliphatic hydroxyl groups excluding tert-OH is 1. The van der Waals surface area contributed by atoms with Crippen molar-refractivity contribution in [2.45, 2.75) is 27.0 Å². The van der Waals surface area contributed by atoms with Crippen LogP contribution >= 0.6 is 11.6 Å². The van der Waals surface area contributed by atoms with Crippen molar-refractivity contribution in [1.82, 2.24) is 4.98 Å². The number of anilines is 1. The second kappa shape index (κ2) is 6.73. The van der Waals surface area contributed by atoms with E-state index >= 15 is 0 Å². The largest absolute Gasteiger partial charge is 0.392 e. The number of rotatable bonds is 5. The fourth-order valence-corrected chi connectivity index (χ4v) is 2.38. The van der Waals surface area contributed by atoms with Crippen LogP contribution in [0.15, 0.2) is 36.4 Å². The third-order valence-corrected chi connectivity index (χ3v) is 3.47. The predicted molar refractivity (Wildman–Crippen MR) is 83.1 cm³/mol. The van der Waals surface area contributed by atoms with E-state index in [1.807, 2.05) is 37.3 Å². The fourth-order valence-electron chi connectivity index (χ4n) is 2.22. The zero-order valence-corrected chi connectivity index (χ0v) is 12.6. The summed E-state index contributed by atoms with van der Waals surface area (Å²) in [6, 6.07) is 11.6. The van der Waals surface area contributed by atoms with Crippen LogP contribution in [-0.2, 0) is 13.2 Å². The molecule has 1 aromatic carbocycles. The van der Waals surface area contributed by atoms with Crippen LogP contribution < -0.4 is 4.90 Å². The summed E-state index contributed by atoms with van der Waals surface area (Å²) in [5.41, 5.74) is 3.86. The highest BCUT2D eigenvalue weighted by molar-refractivity contribution is 6.30. The number of aliphatic hydroxyl groups is 1. The first-order chi connectivity index (χ1) is 9.63. The van der Waals surface area contributed by atoms with Crippen LogP contribution in [0.3, 0.4) is 0 Å². The molecule has 1 heterocycles. The maximum Gasteiger partial charge on any atom is 0.0702 e. The van der Waals surface area contributed by atoms with E-state index in [0.717, 1.165) is 29.2 Å². The van der Waals surface area contributed by atoms with E-state index in [2.05, 4.69) is 16.8 Å². The Morgan fingerprint density at radius 2 is 2.05 bits per heavy atom. The summed E-state index contributed by atoms with van der Waals surface area (Å²) in [5.74, 6) is 0. The van der Waals surface area contributed by atoms with Crippen LogP contribution in [-0.4, -0.2) is 16.6 Å². The third-order valence-electron chi connectivity index (χ3n) is 3.24. The summed E-state index contributed by atoms with van der Waals surface area (Å²) >= 11 is 6.08. The van der Waals surface area contributed by atoms with E-state index in [-0.39, 0.29) is 6.61 Å². The Morgan fingerprint density at radius 1 is 1.25 bits per heavy atom. The summed E-state index contributed by atoms with van der Waals surface area (Å²) < 4.78 is 0. The van der Waals surface area contributed by atoms with Gasteiger partial charge in [-0.3, -0.25) is 4.98 Å². The molecule has 0 spiro atoms. The lowest BCUT2D eigenvalue weighted by atomic mass is 10.1. The lowest BCUT2D eigenvalue weighted by Gasteiger charge is -2.25. The maximum atomic E-state index is 9.48. The molecule has 0 aliphatic heterocycles. The normalized spacial score (nSPS) is 10.6. The van der Waals surface area contributed by atoms with Gasteiger partial charge in [0.15, 0.2) is 0 Å². The van der Waals surface area contributed by atoms with Crippen molar-refractivity contribution >= 4 is 17.3 Å². The molecule has 0 saturated carbocycles. The molecule has 20 heavy (non-hydrogen) atoms. The Hall–Kier alpha value is -1.58. The van der Waals surface area contributed by atoms with Gasteiger partial charge in [-0.05, 0) is 38.1 Å². The van der Waals surface area contributed by atoms with Gasteiger partial charge in [0.25, 0.3) is 0 Å². The van der Waals surface area contributed by atoms with Crippen LogP contribution in [0.4, 0.5) is 5.69 Å². The molecule has 0 aliphatic rings. The number of aryl methyl sites for hydroxylation is 1. The van der Waals surface area contributed by atoms with Crippen molar-refractivity contribution < 1.29 is 5.11 Å². The van der Waals surface area contributed by atoms with Crippen molar-refractivity contribution in [1.29, 1.82) is 0 Å². The van der Waals surface area contributed by atoms with Crippen molar-refractivity contribution in [2.75, 3.05) is 11.4 Å². The molecule has 0 fully saturated rings. The lowest BCUT2D eigenvalue weighted by Crippen LogP contribution is -2.24. The molecule has 0 aliphatic carbocycles. The smallest absolute Gasteiger partial charge is 0.0702 e. The van der Waals surface area contributed by atoms with E-state index in [4.69, 9.17) is 11.6 Å². The minimum atomic E-state index is 0.00421. The molecule has 4 heteroatoms. The molecule has 0 unspecified atom stereocenters. The van der Waals surface area contributed by atoms with Gasteiger partial charge >= 0.3 is 0 Å². The Kier molecular flexibility index (Phi) is 4.99. The number of benzene rings is 1. The monoisotopic (exact) mass is 290 g/mol. The van der Waals surface area contributed by atoms with Crippen molar-refractivity contribution in [3.8, 4) is 0 Å². The lowest BCUT2D eigenvalue weighted by molar-refractivity contribution is 0.282. The second-order valence-electron chi connectivity index (χ2n) is 4.72. The average molecular weight is 291 g/mol. The SMILES string of the molecule is CCN(Cc1cccc(C)n1)c1cc(Cl)ccc1CO. The van der Waals surface area contributed by atoms with E-state index in [1.165, 1.54) is 0 Å². The average Bonchev–Trinajstić information content (AvgIpc) is 2.45. The summed E-state index contributed by atoms with van der Waals surface area (Å²) in [5, 5.41) is 10.2. The summed E-state index contributed by atoms with van der Waals surface area (Å²) in [4.78, 5) is 6.69. The Balaban J connectivity index is 2.30. The van der Waals surface area contributed by atoms with Crippen LogP contribution in [0.1, 0.15) is 23.9 Å². The van der Waals surface area contributed by atoms with Crippen molar-refractivity contribution in [3.05, 3.63) is 58.4 Å². The molecule has 0 atom stereocenters. The summed E-state index contributed by atoms with van der Waals surface area (Å²) in [7, 11) is 0. The molecule has 2 aromatic rings. The molecule has 106 valence electrons. The van der Waals surface area contributed by atoms with Crippen LogP contribution in [0.2, 0.25) is 5.02 Å². The molecular formula is C16H19ClN2O. The summed E-state index contributed by atoms with van der Waals surface area (Å²) in [6.07, 6.45) is 0. The number of pyridine rings is 1. The number of hydrogen-bond donors (Lipinski definition) is 1. The highest BCUT2D eigenvalue weighted by atomic mass is 35.5. The van der Waals surface area contributed by atoms with Gasteiger partial charge in [-0.15, -0.1) is 0 Å². The first-order valence-electron chi connectivity index (χ1n) is 6.70. The number of aromatic nitrogens is 1. The van der Waals surface area contributed by atoms with Gasteiger partial charge in [0.05, 0.1) is 18.8 Å². The van der Waals surface area contributed by atoms with Gasteiger partial charge in [-0.1, -0.05) is 23.7 Å². The summed E-state index contributed by atoms with van der Waals surface area (Å²) in [6.45, 7) is 5.59. The van der Waals surface area contributed by atoms with Gasteiger partial charge in [0, 0.05) is 28.5 Å². The predicted octanol–water partition coefficient (Wildman–Crippen LogP) is 3.56. The van der Waals surface area contributed by atoms with Crippen molar-refractivity contribution in [2.24, 2.45) is 0 Å². The zero-order chi connectivity index (χ0) is 14.5. The maximum absolute atomic E-state index is 9.48. The molecule has 2 rings (SSSR count). The molecule has 0 saturated heterocycles. The van der Waals surface area contributed by atoms with E-state index in [0.29, 0.717) is 11.6 Å². The molecule has 3 nitrogen and oxygen atoms in total. The zero-order valence-electron chi connectivity index (χ0n) is 11.8. The quantitative estimate of drug-likeness (QED) is 0.915. The van der Waals surface area contributed by atoms with Gasteiger partial charge in [-0.2, -0.15) is 0 Å². The topological polar surface area (TPSA) is 36.4 Å². The molecule has 1 N–H and O–H groups in total. The molecule has 0 bridgehead atoms. The third kappa shape index (κ3) is 3.50. The molecule has 1 aromatic heterocycles. The number of nitrogens with zero attached hydrogens (tertiary/aromatic N) is 2. The second-order valence-corrected chi connectivity index (χ2v) is 5.15. The Bertz CT molecular complexity index is 586. The highest BCUT2D eigenvalue weighted by Gasteiger charge is 2.11. The van der Waals surface area contributed by atoms with Crippen LogP contribution in [0, 0.1) is 6.92 Å². The van der Waals surface area contributed by atoms with Crippen molar-refractivity contribution in [3.63, 3.8) is 0 Å². The first kappa shape index (κ1) is 14.8. The van der Waals surface area contributed by atoms with Gasteiger partial charge in [-0.25, -0.2) is 0 Å². The standard InChI is InChI=1S/C16H19ClN2O/c1-3-19(10-15-6-4-5-12(2)18-15)16-9-14(17)8-7-13(16)11-20/h4-9,20H,3,10-11H2,1-2H3. The Labute approximate surface area is 124 Å². The number of halogens is 1. The fraction of sp³-hybridized carbons (Fsp3) is 0.312. The molecule has 0 radical (unpaired) electrons. The van der Waals surface area contributed by atoms with Gasteiger partial charge in [0.2, 0.25) is 0 Å². The highest BCUT2D eigenvalue weighted by Crippen LogP contribution is 2.26. The minimum Gasteiger partial charge on any atom is -0.392 e. The molecular weight excluding hydrogens is 272 g/mol. The first-order valence-corrected chi connectivity index (χ1v) is 7.08. The number of hydrogen-bond acceptors (Lipinski definition) is 3. The van der Waals surface area contributed by atoms with E-state index < -0.39 is 0 Å². The van der Waals surface area contributed by atoms with Crippen LogP contribution in [0.25, 0.3) is 0 Å². The Morgan fingerprint density at radius 3 is 2.70 bits per heavy atom. The van der Waals surface area contributed by atoms with E-state index in [9.17, 15) is 5.11 Å². The van der Waals surface area contributed by atoms with Gasteiger partial charge < -0.3 is 10.0 Å². The van der Waals surface area contributed by atoms with Gasteiger partial charge in [0.1, 0.15) is 0 Å². The molecule has 0 amide bonds.